The van der Waals surface area contributed by atoms with Crippen LogP contribution in [0.4, 0.5) is 10.1 Å². The molecule has 0 spiro atoms. The number of para-hydroxylation sites is 1. The van der Waals surface area contributed by atoms with Crippen LogP contribution in [0.5, 0.6) is 0 Å². The minimum absolute atomic E-state index is 0.123. The maximum Gasteiger partial charge on any atom is 0.335 e. The van der Waals surface area contributed by atoms with Crippen LogP contribution in [-0.2, 0) is 10.3 Å². The van der Waals surface area contributed by atoms with Gasteiger partial charge in [-0.05, 0) is 31.2 Å². The second-order valence-electron chi connectivity index (χ2n) is 4.25. The van der Waals surface area contributed by atoms with Gasteiger partial charge in [-0.25, -0.2) is 9.18 Å². The van der Waals surface area contributed by atoms with Crippen LogP contribution in [0, 0.1) is 5.82 Å². The number of anilines is 1. The molecule has 0 saturated carbocycles. The Morgan fingerprint density at radius 3 is 2.53 bits per heavy atom. The average molecular weight is 260 g/mol. The Morgan fingerprint density at radius 2 is 1.95 bits per heavy atom. The van der Waals surface area contributed by atoms with Gasteiger partial charge in [0, 0.05) is 6.20 Å². The number of rotatable bonds is 4. The molecule has 0 radical (unpaired) electrons. The molecule has 98 valence electrons. The van der Waals surface area contributed by atoms with Gasteiger partial charge in [-0.15, -0.1) is 0 Å². The number of benzene rings is 1. The van der Waals surface area contributed by atoms with Gasteiger partial charge in [0.1, 0.15) is 5.82 Å². The predicted molar refractivity (Wildman–Crippen MR) is 69.2 cm³/mol. The molecular weight excluding hydrogens is 247 g/mol. The molecule has 2 N–H and O–H groups in total. The van der Waals surface area contributed by atoms with Crippen molar-refractivity contribution in [1.29, 1.82) is 0 Å². The second-order valence-corrected chi connectivity index (χ2v) is 4.25. The molecule has 1 unspecified atom stereocenters. The van der Waals surface area contributed by atoms with Crippen molar-refractivity contribution in [2.45, 2.75) is 12.5 Å². The lowest BCUT2D eigenvalue weighted by molar-refractivity contribution is -0.142. The summed E-state index contributed by atoms with van der Waals surface area (Å²) in [6.07, 6.45) is 1.50. The van der Waals surface area contributed by atoms with E-state index < -0.39 is 17.3 Å². The number of carboxylic acid groups (broad SMARTS) is 1. The van der Waals surface area contributed by atoms with E-state index in [1.54, 1.807) is 30.3 Å². The number of hydrogen-bond donors (Lipinski definition) is 2. The monoisotopic (exact) mass is 260 g/mol. The quantitative estimate of drug-likeness (QED) is 0.887. The number of nitrogens with one attached hydrogen (secondary N) is 1. The zero-order chi connectivity index (χ0) is 13.9. The summed E-state index contributed by atoms with van der Waals surface area (Å²) in [5.74, 6) is -1.64. The van der Waals surface area contributed by atoms with Crippen LogP contribution in [0.3, 0.4) is 0 Å². The highest BCUT2D eigenvalue weighted by molar-refractivity contribution is 5.83. The van der Waals surface area contributed by atoms with Crippen LogP contribution in [0.15, 0.2) is 48.7 Å². The minimum atomic E-state index is -1.50. The van der Waals surface area contributed by atoms with Crippen molar-refractivity contribution < 1.29 is 14.3 Å². The Bertz CT molecular complexity index is 589. The van der Waals surface area contributed by atoms with Crippen LogP contribution in [0.1, 0.15) is 12.6 Å². The number of carbonyl (C=O) groups is 1. The first-order chi connectivity index (χ1) is 9.04. The first-order valence-electron chi connectivity index (χ1n) is 5.71. The van der Waals surface area contributed by atoms with E-state index in [-0.39, 0.29) is 5.69 Å². The lowest BCUT2D eigenvalue weighted by Gasteiger charge is -2.27. The lowest BCUT2D eigenvalue weighted by Crippen LogP contribution is -2.41. The van der Waals surface area contributed by atoms with E-state index in [1.807, 2.05) is 0 Å². The van der Waals surface area contributed by atoms with E-state index in [1.165, 1.54) is 25.3 Å². The van der Waals surface area contributed by atoms with Crippen molar-refractivity contribution in [3.8, 4) is 0 Å². The summed E-state index contributed by atoms with van der Waals surface area (Å²) in [4.78, 5) is 15.5. The fraction of sp³-hybridized carbons (Fsp3) is 0.143. The molecule has 0 amide bonds. The molecule has 1 atom stereocenters. The summed E-state index contributed by atoms with van der Waals surface area (Å²) < 4.78 is 13.6. The van der Waals surface area contributed by atoms with Gasteiger partial charge < -0.3 is 10.4 Å². The molecule has 1 heterocycles. The summed E-state index contributed by atoms with van der Waals surface area (Å²) in [6, 6.07) is 10.9. The molecule has 2 rings (SSSR count). The van der Waals surface area contributed by atoms with Gasteiger partial charge in [0.05, 0.1) is 11.4 Å². The fourth-order valence-electron chi connectivity index (χ4n) is 1.72. The van der Waals surface area contributed by atoms with E-state index >= 15 is 0 Å². The van der Waals surface area contributed by atoms with Gasteiger partial charge >= 0.3 is 5.97 Å². The molecular formula is C14H13FN2O2. The smallest absolute Gasteiger partial charge is 0.335 e. The average Bonchev–Trinajstić information content (AvgIpc) is 2.42. The molecule has 0 aliphatic heterocycles. The van der Waals surface area contributed by atoms with Crippen molar-refractivity contribution in [3.05, 3.63) is 60.2 Å². The first kappa shape index (κ1) is 13.0. The van der Waals surface area contributed by atoms with Crippen LogP contribution in [-0.4, -0.2) is 16.1 Å². The normalized spacial score (nSPS) is 13.6. The molecule has 0 aliphatic carbocycles. The summed E-state index contributed by atoms with van der Waals surface area (Å²) in [7, 11) is 0. The molecule has 0 saturated heterocycles. The number of carboxylic acids is 1. The molecule has 0 bridgehead atoms. The Hall–Kier alpha value is -2.43. The highest BCUT2D eigenvalue weighted by Gasteiger charge is 2.37. The van der Waals surface area contributed by atoms with Crippen LogP contribution >= 0.6 is 0 Å². The number of nitrogens with zero attached hydrogens (tertiary/aromatic N) is 1. The summed E-state index contributed by atoms with van der Waals surface area (Å²) in [6.45, 7) is 1.45. The standard InChI is InChI=1S/C14H13FN2O2/c1-14(13(18)19,12-8-4-5-9-16-12)17-11-7-3-2-6-10(11)15/h2-9,17H,1H3,(H,18,19). The topological polar surface area (TPSA) is 62.2 Å². The highest BCUT2D eigenvalue weighted by atomic mass is 19.1. The third-order valence-corrected chi connectivity index (χ3v) is 2.86. The van der Waals surface area contributed by atoms with E-state index in [2.05, 4.69) is 10.3 Å². The lowest BCUT2D eigenvalue weighted by atomic mass is 9.96. The van der Waals surface area contributed by atoms with Crippen molar-refractivity contribution >= 4 is 11.7 Å². The Kier molecular flexibility index (Phi) is 3.46. The number of aliphatic carboxylic acids is 1. The maximum absolute atomic E-state index is 13.6. The Labute approximate surface area is 109 Å². The van der Waals surface area contributed by atoms with E-state index in [0.717, 1.165) is 0 Å². The van der Waals surface area contributed by atoms with Crippen LogP contribution in [0.25, 0.3) is 0 Å². The number of hydrogen-bond acceptors (Lipinski definition) is 3. The molecule has 19 heavy (non-hydrogen) atoms. The van der Waals surface area contributed by atoms with Gasteiger partial charge in [-0.1, -0.05) is 18.2 Å². The van der Waals surface area contributed by atoms with Crippen molar-refractivity contribution in [3.63, 3.8) is 0 Å². The van der Waals surface area contributed by atoms with Crippen molar-refractivity contribution in [1.82, 2.24) is 4.98 Å². The fourth-order valence-corrected chi connectivity index (χ4v) is 1.72. The Balaban J connectivity index is 2.42. The van der Waals surface area contributed by atoms with Gasteiger partial charge in [0.2, 0.25) is 0 Å². The third kappa shape index (κ3) is 2.54. The summed E-state index contributed by atoms with van der Waals surface area (Å²) >= 11 is 0. The third-order valence-electron chi connectivity index (χ3n) is 2.86. The van der Waals surface area contributed by atoms with E-state index in [0.29, 0.717) is 5.69 Å². The SMILES string of the molecule is CC(Nc1ccccc1F)(C(=O)O)c1ccccn1. The zero-order valence-electron chi connectivity index (χ0n) is 10.3. The predicted octanol–water partition coefficient (Wildman–Crippen LogP) is 2.63. The number of aromatic nitrogens is 1. The Morgan fingerprint density at radius 1 is 1.26 bits per heavy atom. The molecule has 0 fully saturated rings. The minimum Gasteiger partial charge on any atom is -0.479 e. The maximum atomic E-state index is 13.6. The molecule has 5 heteroatoms. The first-order valence-corrected chi connectivity index (χ1v) is 5.71. The zero-order valence-corrected chi connectivity index (χ0v) is 10.3. The van der Waals surface area contributed by atoms with Crippen LogP contribution in [0.2, 0.25) is 0 Å². The largest absolute Gasteiger partial charge is 0.479 e. The van der Waals surface area contributed by atoms with Crippen molar-refractivity contribution in [2.24, 2.45) is 0 Å². The number of pyridine rings is 1. The second kappa shape index (κ2) is 5.06. The molecule has 0 aliphatic rings. The highest BCUT2D eigenvalue weighted by Crippen LogP contribution is 2.26. The van der Waals surface area contributed by atoms with E-state index in [4.69, 9.17) is 0 Å². The van der Waals surface area contributed by atoms with Crippen LogP contribution < -0.4 is 5.32 Å². The van der Waals surface area contributed by atoms with Crippen molar-refractivity contribution in [2.75, 3.05) is 5.32 Å². The van der Waals surface area contributed by atoms with Gasteiger partial charge in [-0.3, -0.25) is 4.98 Å². The van der Waals surface area contributed by atoms with Gasteiger partial charge in [-0.2, -0.15) is 0 Å². The van der Waals surface area contributed by atoms with Gasteiger partial charge in [0.15, 0.2) is 5.54 Å². The molecule has 1 aromatic carbocycles. The molecule has 4 nitrogen and oxygen atoms in total. The summed E-state index contributed by atoms with van der Waals surface area (Å²) in [5, 5.41) is 12.1. The van der Waals surface area contributed by atoms with Gasteiger partial charge in [0.25, 0.3) is 0 Å². The summed E-state index contributed by atoms with van der Waals surface area (Å²) in [5.41, 5.74) is -1.06. The molecule has 1 aromatic heterocycles. The van der Waals surface area contributed by atoms with E-state index in [9.17, 15) is 14.3 Å². The number of halogens is 1. The molecule has 2 aromatic rings.